The summed E-state index contributed by atoms with van der Waals surface area (Å²) < 4.78 is 29.2. The van der Waals surface area contributed by atoms with Gasteiger partial charge in [0.1, 0.15) is 0 Å². The van der Waals surface area contributed by atoms with Gasteiger partial charge in [0.05, 0.1) is 0 Å². The Morgan fingerprint density at radius 2 is 1.00 bits per heavy atom. The second-order valence-electron chi connectivity index (χ2n) is 0.192. The lowest BCUT2D eigenvalue weighted by molar-refractivity contribution is 0.633. The molecular formula is BF3P. The molecule has 0 saturated heterocycles. The third-order valence-electron chi connectivity index (χ3n) is 0. The zero-order chi connectivity index (χ0) is 3.58. The molecule has 0 aromatic rings. The molecule has 0 aromatic carbocycles. The Labute approximate surface area is 31.1 Å². The summed E-state index contributed by atoms with van der Waals surface area (Å²) in [4.78, 5) is 0. The molecule has 0 fully saturated rings. The second-order valence-corrected chi connectivity index (χ2v) is 0.575. The number of rotatable bonds is 0. The number of hydrogen-bond acceptors (Lipinski definition) is 0. The van der Waals surface area contributed by atoms with E-state index in [9.17, 15) is 12.6 Å². The fraction of sp³-hybridized carbons (Fsp3) is 0. The minimum Gasteiger partial charge on any atom is -0.152 e. The summed E-state index contributed by atoms with van der Waals surface area (Å²) >= 11 is 0. The Balaban J connectivity index is 0. The van der Waals surface area contributed by atoms with Crippen LogP contribution in [-0.2, 0) is 0 Å². The van der Waals surface area contributed by atoms with Crippen molar-refractivity contribution in [2.75, 3.05) is 0 Å². The van der Waals surface area contributed by atoms with Crippen molar-refractivity contribution in [2.45, 2.75) is 0 Å². The van der Waals surface area contributed by atoms with E-state index in [2.05, 4.69) is 0 Å². The van der Waals surface area contributed by atoms with Crippen molar-refractivity contribution in [2.24, 2.45) is 0 Å². The summed E-state index contributed by atoms with van der Waals surface area (Å²) in [6, 6.07) is 0. The quantitative estimate of drug-likeness (QED) is 0.320. The Morgan fingerprint density at radius 3 is 1.00 bits per heavy atom. The van der Waals surface area contributed by atoms with Crippen LogP contribution in [0.1, 0.15) is 0 Å². The van der Waals surface area contributed by atoms with Gasteiger partial charge in [0.25, 0.3) is 0 Å². The van der Waals surface area contributed by atoms with Crippen molar-refractivity contribution < 1.29 is 12.6 Å². The zero-order valence-corrected chi connectivity index (χ0v) is 3.05. The van der Waals surface area contributed by atoms with Crippen LogP contribution in [0.3, 0.4) is 0 Å². The first-order valence-electron chi connectivity index (χ1n) is 0.507. The van der Waals surface area contributed by atoms with Gasteiger partial charge in [-0.1, -0.05) is 0 Å². The third kappa shape index (κ3) is 276. The predicted octanol–water partition coefficient (Wildman–Crippen LogP) is 1.74. The SMILES string of the molecule is FP(F)F.[B]. The molecule has 0 unspecified atom stereocenters. The molecule has 0 amide bonds. The van der Waals surface area contributed by atoms with E-state index in [1.54, 1.807) is 0 Å². The molecule has 0 bridgehead atoms. The van der Waals surface area contributed by atoms with Gasteiger partial charge in [-0.05, 0) is 0 Å². The molecule has 0 aliphatic carbocycles. The fourth-order valence-corrected chi connectivity index (χ4v) is 0. The Kier molecular flexibility index (Phi) is 7.71. The average molecular weight is 98.8 g/mol. The van der Waals surface area contributed by atoms with Crippen molar-refractivity contribution in [1.29, 1.82) is 0 Å². The summed E-state index contributed by atoms with van der Waals surface area (Å²) in [6.07, 6.45) is 0. The van der Waals surface area contributed by atoms with Crippen LogP contribution in [0, 0.1) is 0 Å². The first kappa shape index (κ1) is 8.99. The van der Waals surface area contributed by atoms with Crippen LogP contribution >= 0.6 is 8.85 Å². The molecule has 5 heteroatoms. The van der Waals surface area contributed by atoms with Gasteiger partial charge in [0.15, 0.2) is 0 Å². The average Bonchev–Trinajstić information content (AvgIpc) is 0.811. The van der Waals surface area contributed by atoms with Crippen molar-refractivity contribution >= 4 is 17.3 Å². The van der Waals surface area contributed by atoms with E-state index in [1.165, 1.54) is 0 Å². The highest BCUT2D eigenvalue weighted by atomic mass is 31.2. The summed E-state index contributed by atoms with van der Waals surface area (Å²) in [5.74, 6) is 0. The maximum atomic E-state index is 9.73. The smallest absolute Gasteiger partial charge is 0.152 e. The highest BCUT2D eigenvalue weighted by Crippen LogP contribution is 2.39. The van der Waals surface area contributed by atoms with E-state index in [0.29, 0.717) is 0 Å². The molecule has 29 valence electrons. The highest BCUT2D eigenvalue weighted by molar-refractivity contribution is 7.40. The lowest BCUT2D eigenvalue weighted by atomic mass is 10.8. The summed E-state index contributed by atoms with van der Waals surface area (Å²) in [5.41, 5.74) is 0. The van der Waals surface area contributed by atoms with E-state index < -0.39 is 8.85 Å². The van der Waals surface area contributed by atoms with Gasteiger partial charge < -0.3 is 0 Å². The second kappa shape index (κ2) is 4.28. The molecule has 0 rings (SSSR count). The highest BCUT2D eigenvalue weighted by Gasteiger charge is 1.91. The minimum absolute atomic E-state index is 0. The van der Waals surface area contributed by atoms with Crippen molar-refractivity contribution in [3.8, 4) is 0 Å². The van der Waals surface area contributed by atoms with Crippen LogP contribution < -0.4 is 0 Å². The number of halogens is 3. The van der Waals surface area contributed by atoms with Crippen LogP contribution in [0.5, 0.6) is 0 Å². The summed E-state index contributed by atoms with van der Waals surface area (Å²) in [7, 11) is -4.12. The van der Waals surface area contributed by atoms with Gasteiger partial charge in [-0.3, -0.25) is 0 Å². The lowest BCUT2D eigenvalue weighted by Gasteiger charge is -1.61. The van der Waals surface area contributed by atoms with E-state index in [4.69, 9.17) is 0 Å². The predicted molar refractivity (Wildman–Crippen MR) is 16.0 cm³/mol. The standard InChI is InChI=1S/B.F3P/c;1-4(2)3. The monoisotopic (exact) mass is 99.0 g/mol. The molecule has 0 spiro atoms. The van der Waals surface area contributed by atoms with Gasteiger partial charge in [-0.2, -0.15) is 12.6 Å². The Hall–Kier alpha value is 0.285. The fourth-order valence-electron chi connectivity index (χ4n) is 0. The van der Waals surface area contributed by atoms with Crippen molar-refractivity contribution in [3.05, 3.63) is 0 Å². The topological polar surface area (TPSA) is 0 Å². The first-order chi connectivity index (χ1) is 1.73. The van der Waals surface area contributed by atoms with Crippen LogP contribution in [0.25, 0.3) is 0 Å². The van der Waals surface area contributed by atoms with E-state index in [1.807, 2.05) is 0 Å². The van der Waals surface area contributed by atoms with Crippen LogP contribution in [0.4, 0.5) is 12.6 Å². The molecule has 0 nitrogen and oxygen atoms in total. The van der Waals surface area contributed by atoms with E-state index in [-0.39, 0.29) is 8.41 Å². The molecule has 0 atom stereocenters. The van der Waals surface area contributed by atoms with Gasteiger partial charge in [0, 0.05) is 8.41 Å². The van der Waals surface area contributed by atoms with Crippen LogP contribution in [-0.4, -0.2) is 8.41 Å². The molecular weight excluding hydrogens is 98.8 g/mol. The van der Waals surface area contributed by atoms with Gasteiger partial charge in [-0.25, -0.2) is 0 Å². The largest absolute Gasteiger partial charge is 0.456 e. The molecule has 0 aromatic heterocycles. The Morgan fingerprint density at radius 1 is 1.00 bits per heavy atom. The van der Waals surface area contributed by atoms with Gasteiger partial charge in [0.2, 0.25) is 0 Å². The van der Waals surface area contributed by atoms with Crippen molar-refractivity contribution in [1.82, 2.24) is 0 Å². The zero-order valence-electron chi connectivity index (χ0n) is 2.16. The first-order valence-corrected chi connectivity index (χ1v) is 1.52. The molecule has 0 heterocycles. The molecule has 5 heavy (non-hydrogen) atoms. The molecule has 0 aliphatic rings. The lowest BCUT2D eigenvalue weighted by Crippen LogP contribution is -1.10. The number of hydrogen-bond donors (Lipinski definition) is 0. The molecule has 0 aliphatic heterocycles. The van der Waals surface area contributed by atoms with Gasteiger partial charge in [-0.15, -0.1) is 0 Å². The van der Waals surface area contributed by atoms with Crippen LogP contribution in [0.2, 0.25) is 0 Å². The van der Waals surface area contributed by atoms with E-state index in [0.717, 1.165) is 0 Å². The van der Waals surface area contributed by atoms with Crippen LogP contribution in [0.15, 0.2) is 0 Å². The molecule has 0 N–H and O–H groups in total. The summed E-state index contributed by atoms with van der Waals surface area (Å²) in [5, 5.41) is 0. The molecule has 3 radical (unpaired) electrons. The summed E-state index contributed by atoms with van der Waals surface area (Å²) in [6.45, 7) is 0. The molecule has 0 saturated carbocycles. The maximum absolute atomic E-state index is 9.73. The van der Waals surface area contributed by atoms with E-state index >= 15 is 0 Å². The van der Waals surface area contributed by atoms with Crippen molar-refractivity contribution in [3.63, 3.8) is 0 Å². The van der Waals surface area contributed by atoms with Gasteiger partial charge >= 0.3 is 8.85 Å². The Bertz CT molecular complexity index is 11.6. The third-order valence-corrected chi connectivity index (χ3v) is 0. The normalized spacial score (nSPS) is 7.20. The maximum Gasteiger partial charge on any atom is 0.456 e. The minimum atomic E-state index is -4.12.